The molecule has 7 N–H and O–H groups in total. The molecule has 2 fully saturated rings. The number of Topliss-reactive ketones (excluding diaryl/α,β-unsaturated/α-hetero) is 1. The van der Waals surface area contributed by atoms with Crippen molar-refractivity contribution in [1.82, 2.24) is 20.9 Å². The summed E-state index contributed by atoms with van der Waals surface area (Å²) in [7, 11) is 0. The van der Waals surface area contributed by atoms with Crippen molar-refractivity contribution in [3.63, 3.8) is 0 Å². The van der Waals surface area contributed by atoms with Gasteiger partial charge in [0.2, 0.25) is 11.8 Å². The van der Waals surface area contributed by atoms with Crippen LogP contribution in [0, 0.1) is 11.3 Å². The molecule has 2 rings (SSSR count). The van der Waals surface area contributed by atoms with Crippen LogP contribution in [-0.4, -0.2) is 77.5 Å². The smallest absolute Gasteiger partial charge is 0.405 e. The van der Waals surface area contributed by atoms with Crippen LogP contribution >= 0.6 is 0 Å². The van der Waals surface area contributed by atoms with E-state index in [9.17, 15) is 28.7 Å². The molecule has 0 aromatic heterocycles. The summed E-state index contributed by atoms with van der Waals surface area (Å²) < 4.78 is 13.1. The lowest BCUT2D eigenvalue weighted by atomic mass is 9.83. The quantitative estimate of drug-likeness (QED) is 0.143. The second kappa shape index (κ2) is 13.7. The minimum absolute atomic E-state index is 0.127. The maximum atomic E-state index is 13.5. The van der Waals surface area contributed by atoms with Crippen molar-refractivity contribution in [2.75, 3.05) is 19.8 Å². The maximum absolute atomic E-state index is 13.5. The number of carbonyl (C=O) groups excluding carboxylic acids is 3. The second-order valence-electron chi connectivity index (χ2n) is 9.01. The Labute approximate surface area is 198 Å². The number of nitrogens with two attached hydrogens (primary N) is 1. The summed E-state index contributed by atoms with van der Waals surface area (Å²) in [6.07, 6.45) is 5.37. The molecule has 34 heavy (non-hydrogen) atoms. The Bertz CT molecular complexity index is 745. The summed E-state index contributed by atoms with van der Waals surface area (Å²) >= 11 is 0. The van der Waals surface area contributed by atoms with Gasteiger partial charge in [-0.15, -0.1) is 0 Å². The van der Waals surface area contributed by atoms with Crippen molar-refractivity contribution in [3.8, 4) is 0 Å². The molecule has 0 aromatic carbocycles. The van der Waals surface area contributed by atoms with Gasteiger partial charge in [-0.3, -0.25) is 19.8 Å². The molecule has 0 radical (unpaired) electrons. The van der Waals surface area contributed by atoms with E-state index in [4.69, 9.17) is 11.1 Å². The van der Waals surface area contributed by atoms with Crippen molar-refractivity contribution in [2.24, 2.45) is 11.7 Å². The Balaban J connectivity index is 2.11. The van der Waals surface area contributed by atoms with Gasteiger partial charge in [0.25, 0.3) is 0 Å². The van der Waals surface area contributed by atoms with E-state index in [1.54, 1.807) is 0 Å². The monoisotopic (exact) mass is 484 g/mol. The third-order valence-electron chi connectivity index (χ3n) is 6.58. The fraction of sp³-hybridized carbons (Fsp3) is 0.773. The third-order valence-corrected chi connectivity index (χ3v) is 6.58. The number of carbonyl (C=O) groups is 4. The van der Waals surface area contributed by atoms with Crippen LogP contribution in [0.15, 0.2) is 0 Å². The molecule has 3 atom stereocenters. The lowest BCUT2D eigenvalue weighted by molar-refractivity contribution is -0.145. The van der Waals surface area contributed by atoms with E-state index < -0.39 is 48.5 Å². The molecule has 1 saturated carbocycles. The van der Waals surface area contributed by atoms with Crippen LogP contribution in [0.5, 0.6) is 0 Å². The minimum atomic E-state index is -1.28. The number of carboxylic acid groups (broad SMARTS) is 1. The summed E-state index contributed by atoms with van der Waals surface area (Å²) in [4.78, 5) is 51.5. The number of hydrogen-bond acceptors (Lipinski definition) is 5. The number of nitrogens with one attached hydrogen (secondary N) is 4. The van der Waals surface area contributed by atoms with Gasteiger partial charge in [0.1, 0.15) is 18.8 Å². The molecule has 0 spiro atoms. The number of ketones is 1. The molecule has 192 valence electrons. The lowest BCUT2D eigenvalue weighted by Crippen LogP contribution is -2.60. The normalized spacial score (nSPS) is 20.6. The van der Waals surface area contributed by atoms with Crippen molar-refractivity contribution in [1.29, 1.82) is 5.41 Å². The molecule has 1 heterocycles. The van der Waals surface area contributed by atoms with E-state index in [0.717, 1.165) is 32.1 Å². The van der Waals surface area contributed by atoms with Gasteiger partial charge in [0, 0.05) is 13.1 Å². The van der Waals surface area contributed by atoms with Gasteiger partial charge in [0.15, 0.2) is 11.7 Å². The van der Waals surface area contributed by atoms with E-state index in [2.05, 4.69) is 16.0 Å². The number of amides is 3. The first kappa shape index (κ1) is 27.3. The number of hydrogen-bond donors (Lipinski definition) is 6. The number of likely N-dealkylation sites (tertiary alicyclic amines) is 1. The van der Waals surface area contributed by atoms with Crippen molar-refractivity contribution < 1.29 is 28.7 Å². The van der Waals surface area contributed by atoms with E-state index in [1.807, 2.05) is 0 Å². The molecule has 12 heteroatoms. The van der Waals surface area contributed by atoms with Gasteiger partial charge < -0.3 is 31.7 Å². The predicted octanol–water partition coefficient (Wildman–Crippen LogP) is 0.871. The van der Waals surface area contributed by atoms with Gasteiger partial charge in [-0.2, -0.15) is 0 Å². The Morgan fingerprint density at radius 2 is 1.74 bits per heavy atom. The van der Waals surface area contributed by atoms with Gasteiger partial charge >= 0.3 is 6.09 Å². The molecule has 2 aliphatic rings. The second-order valence-corrected chi connectivity index (χ2v) is 9.01. The molecule has 1 aliphatic heterocycles. The number of alkyl halides is 1. The topological polar surface area (TPSA) is 178 Å². The van der Waals surface area contributed by atoms with Crippen LogP contribution in [0.1, 0.15) is 64.2 Å². The Hall–Kier alpha value is -2.92. The fourth-order valence-electron chi connectivity index (χ4n) is 4.83. The van der Waals surface area contributed by atoms with E-state index >= 15 is 0 Å². The van der Waals surface area contributed by atoms with Crippen LogP contribution in [0.3, 0.4) is 0 Å². The first-order chi connectivity index (χ1) is 16.2. The molecule has 1 saturated heterocycles. The summed E-state index contributed by atoms with van der Waals surface area (Å²) in [5.41, 5.74) is 5.22. The summed E-state index contributed by atoms with van der Waals surface area (Å²) in [5.74, 6) is -2.09. The predicted molar refractivity (Wildman–Crippen MR) is 123 cm³/mol. The highest BCUT2D eigenvalue weighted by molar-refractivity contribution is 5.94. The highest BCUT2D eigenvalue weighted by atomic mass is 19.1. The van der Waals surface area contributed by atoms with Crippen LogP contribution in [0.4, 0.5) is 9.18 Å². The molecule has 3 amide bonds. The van der Waals surface area contributed by atoms with E-state index in [1.165, 1.54) is 4.90 Å². The molecule has 11 nitrogen and oxygen atoms in total. The Morgan fingerprint density at radius 1 is 1.06 bits per heavy atom. The zero-order valence-electron chi connectivity index (χ0n) is 19.5. The van der Waals surface area contributed by atoms with Crippen LogP contribution < -0.4 is 21.7 Å². The van der Waals surface area contributed by atoms with Crippen molar-refractivity contribution in [2.45, 2.75) is 82.3 Å². The van der Waals surface area contributed by atoms with Gasteiger partial charge in [-0.1, -0.05) is 19.3 Å². The van der Waals surface area contributed by atoms with E-state index in [0.29, 0.717) is 38.8 Å². The zero-order valence-corrected chi connectivity index (χ0v) is 19.5. The summed E-state index contributed by atoms with van der Waals surface area (Å²) in [5, 5.41) is 24.0. The highest BCUT2D eigenvalue weighted by Crippen LogP contribution is 2.29. The number of guanidine groups is 1. The Morgan fingerprint density at radius 3 is 2.35 bits per heavy atom. The average molecular weight is 485 g/mol. The Kier molecular flexibility index (Phi) is 11.0. The molecular weight excluding hydrogens is 447 g/mol. The minimum Gasteiger partial charge on any atom is -0.465 e. The van der Waals surface area contributed by atoms with Crippen LogP contribution in [0.25, 0.3) is 0 Å². The SMILES string of the molecule is N=C(N)NCCCC(NC(=O)[C@@H]1CCCCN1C(=O)C(NC(=O)O)C1CCCCC1)C(=O)CF. The largest absolute Gasteiger partial charge is 0.465 e. The first-order valence-electron chi connectivity index (χ1n) is 12.0. The maximum Gasteiger partial charge on any atom is 0.405 e. The zero-order chi connectivity index (χ0) is 25.1. The number of halogens is 1. The lowest BCUT2D eigenvalue weighted by Gasteiger charge is -2.39. The number of piperidine rings is 1. The molecule has 0 bridgehead atoms. The van der Waals surface area contributed by atoms with Crippen LogP contribution in [0.2, 0.25) is 0 Å². The van der Waals surface area contributed by atoms with Gasteiger partial charge in [-0.05, 0) is 50.9 Å². The van der Waals surface area contributed by atoms with E-state index in [-0.39, 0.29) is 18.3 Å². The average Bonchev–Trinajstić information content (AvgIpc) is 2.83. The van der Waals surface area contributed by atoms with Crippen LogP contribution in [-0.2, 0) is 14.4 Å². The third kappa shape index (κ3) is 8.14. The standard InChI is InChI=1S/C22H37FN6O5/c23-13-17(30)15(9-6-11-26-21(24)25)27-19(31)16-10-4-5-12-29(16)20(32)18(28-22(33)34)14-7-2-1-3-8-14/h14-16,18,28H,1-13H2,(H,27,31)(H,33,34)(H4,24,25,26)/t15?,16-,18?/m0/s1. The molecule has 0 aromatic rings. The highest BCUT2D eigenvalue weighted by Gasteiger charge is 2.40. The van der Waals surface area contributed by atoms with Gasteiger partial charge in [0.05, 0.1) is 6.04 Å². The summed E-state index contributed by atoms with van der Waals surface area (Å²) in [6, 6.07) is -2.84. The molecule has 1 aliphatic carbocycles. The number of rotatable bonds is 11. The first-order valence-corrected chi connectivity index (χ1v) is 12.0. The van der Waals surface area contributed by atoms with Gasteiger partial charge in [-0.25, -0.2) is 9.18 Å². The fourth-order valence-corrected chi connectivity index (χ4v) is 4.83. The summed E-state index contributed by atoms with van der Waals surface area (Å²) in [6.45, 7) is -0.629. The molecule has 2 unspecified atom stereocenters. The van der Waals surface area contributed by atoms with Crippen molar-refractivity contribution >= 4 is 29.7 Å². The molecular formula is C22H37FN6O5. The van der Waals surface area contributed by atoms with Crippen molar-refractivity contribution in [3.05, 3.63) is 0 Å². The number of nitrogens with zero attached hydrogens (tertiary/aromatic N) is 1.